The molecule has 3 unspecified atom stereocenters. The van der Waals surface area contributed by atoms with E-state index in [9.17, 15) is 0 Å². The summed E-state index contributed by atoms with van der Waals surface area (Å²) in [6.45, 7) is 5.76. The Labute approximate surface area is 114 Å². The molecule has 0 amide bonds. The largest absolute Gasteiger partial charge is 0.519 e. The fourth-order valence-corrected chi connectivity index (χ4v) is 2.86. The van der Waals surface area contributed by atoms with Crippen LogP contribution in [0, 0.1) is 30.1 Å². The molecule has 2 saturated carbocycles. The van der Waals surface area contributed by atoms with Gasteiger partial charge >= 0.3 is 0 Å². The summed E-state index contributed by atoms with van der Waals surface area (Å²) < 4.78 is 0. The third-order valence-corrected chi connectivity index (χ3v) is 3.48. The third-order valence-electron chi connectivity index (χ3n) is 3.48. The molecule has 1 nitrogen and oxygen atoms in total. The van der Waals surface area contributed by atoms with E-state index >= 15 is 0 Å². The predicted molar refractivity (Wildman–Crippen MR) is 56.9 cm³/mol. The summed E-state index contributed by atoms with van der Waals surface area (Å²) in [5.41, 5.74) is 0. The Hall–Kier alpha value is 0.774. The second kappa shape index (κ2) is 7.99. The van der Waals surface area contributed by atoms with Gasteiger partial charge in [-0.2, -0.15) is 12.8 Å². The minimum absolute atomic E-state index is 0. The molecule has 3 atom stereocenters. The van der Waals surface area contributed by atoms with Crippen LogP contribution in [0.4, 0.5) is 0 Å². The number of nitrogens with one attached hydrogen (secondary N) is 1. The molecular formula is C12H21NY-2. The smallest absolute Gasteiger partial charge is 0 e. The van der Waals surface area contributed by atoms with Crippen LogP contribution in [0.15, 0.2) is 0 Å². The molecule has 1 N–H and O–H groups in total. The fraction of sp³-hybridized carbons (Fsp3) is 0.833. The van der Waals surface area contributed by atoms with Crippen molar-refractivity contribution in [2.45, 2.75) is 45.4 Å². The van der Waals surface area contributed by atoms with Crippen LogP contribution in [0.2, 0.25) is 0 Å². The van der Waals surface area contributed by atoms with Crippen molar-refractivity contribution in [3.05, 3.63) is 6.92 Å². The second-order valence-corrected chi connectivity index (χ2v) is 4.30. The maximum atomic E-state index is 5.96. The molecule has 14 heavy (non-hydrogen) atoms. The summed E-state index contributed by atoms with van der Waals surface area (Å²) in [5.74, 6) is 2.91. The van der Waals surface area contributed by atoms with Crippen LogP contribution in [0.1, 0.15) is 45.4 Å². The Morgan fingerprint density at radius 3 is 2.29 bits per heavy atom. The molecule has 2 fully saturated rings. The van der Waals surface area contributed by atoms with Crippen LogP contribution in [-0.2, 0) is 32.7 Å². The van der Waals surface area contributed by atoms with Gasteiger partial charge in [-0.05, 0) is 5.92 Å². The van der Waals surface area contributed by atoms with Crippen LogP contribution in [0.25, 0.3) is 0 Å². The predicted octanol–water partition coefficient (Wildman–Crippen LogP) is 3.57. The molecule has 0 heterocycles. The summed E-state index contributed by atoms with van der Waals surface area (Å²) in [7, 11) is 0. The maximum absolute atomic E-state index is 5.96. The molecule has 2 heteroatoms. The minimum atomic E-state index is 0. The SMILES string of the molecule is C[C-]=N.[CH2-]C1CCC2CCCCC12.[Y]. The van der Waals surface area contributed by atoms with E-state index in [-0.39, 0.29) is 32.7 Å². The molecule has 0 aromatic carbocycles. The third kappa shape index (κ3) is 4.10. The van der Waals surface area contributed by atoms with Crippen LogP contribution in [0.3, 0.4) is 0 Å². The molecule has 79 valence electrons. The zero-order chi connectivity index (χ0) is 9.68. The van der Waals surface area contributed by atoms with Gasteiger partial charge in [0.15, 0.2) is 0 Å². The number of hydrogen-bond donors (Lipinski definition) is 1. The second-order valence-electron chi connectivity index (χ2n) is 4.30. The normalized spacial score (nSPS) is 34.6. The Morgan fingerprint density at radius 2 is 1.71 bits per heavy atom. The van der Waals surface area contributed by atoms with E-state index in [4.69, 9.17) is 5.41 Å². The Kier molecular flexibility index (Phi) is 8.43. The van der Waals surface area contributed by atoms with Crippen molar-refractivity contribution >= 4 is 6.21 Å². The molecule has 0 bridgehead atoms. The van der Waals surface area contributed by atoms with Crippen LogP contribution in [0.5, 0.6) is 0 Å². The van der Waals surface area contributed by atoms with Crippen molar-refractivity contribution in [2.75, 3.05) is 0 Å². The van der Waals surface area contributed by atoms with E-state index in [1.165, 1.54) is 38.5 Å². The quantitative estimate of drug-likeness (QED) is 0.513. The van der Waals surface area contributed by atoms with Crippen molar-refractivity contribution in [3.63, 3.8) is 0 Å². The molecule has 2 aliphatic rings. The Balaban J connectivity index is 0.000000381. The average molecular weight is 268 g/mol. The van der Waals surface area contributed by atoms with Gasteiger partial charge in [0, 0.05) is 32.7 Å². The van der Waals surface area contributed by atoms with Gasteiger partial charge in [-0.25, -0.2) is 0 Å². The van der Waals surface area contributed by atoms with E-state index in [1.807, 2.05) is 6.21 Å². The van der Waals surface area contributed by atoms with E-state index in [0.717, 1.165) is 17.8 Å². The molecule has 0 aromatic rings. The summed E-state index contributed by atoms with van der Waals surface area (Å²) in [4.78, 5) is 0. The van der Waals surface area contributed by atoms with Gasteiger partial charge in [-0.15, -0.1) is 0 Å². The standard InChI is InChI=1S/C10H17.C2H4N.Y/c1-8-6-7-9-4-2-3-5-10(8)9;1-2-3;/h8-10H,1-7H2;3H,1H3;/q2*-1;. The summed E-state index contributed by atoms with van der Waals surface area (Å²) in [5, 5.41) is 5.96. The van der Waals surface area contributed by atoms with E-state index in [1.54, 1.807) is 6.92 Å². The Bertz CT molecular complexity index is 156. The van der Waals surface area contributed by atoms with Gasteiger partial charge in [0.05, 0.1) is 0 Å². The summed E-state index contributed by atoms with van der Waals surface area (Å²) >= 11 is 0. The minimum Gasteiger partial charge on any atom is -0.519 e. The van der Waals surface area contributed by atoms with Crippen LogP contribution < -0.4 is 0 Å². The van der Waals surface area contributed by atoms with Gasteiger partial charge in [-0.1, -0.05) is 44.4 Å². The zero-order valence-electron chi connectivity index (χ0n) is 9.26. The first-order valence-corrected chi connectivity index (χ1v) is 5.46. The van der Waals surface area contributed by atoms with Crippen molar-refractivity contribution in [1.82, 2.24) is 0 Å². The first kappa shape index (κ1) is 14.8. The van der Waals surface area contributed by atoms with Crippen LogP contribution in [-0.4, -0.2) is 6.21 Å². The van der Waals surface area contributed by atoms with Crippen molar-refractivity contribution < 1.29 is 32.7 Å². The first-order valence-electron chi connectivity index (χ1n) is 5.46. The van der Waals surface area contributed by atoms with E-state index < -0.39 is 0 Å². The Morgan fingerprint density at radius 1 is 1.14 bits per heavy atom. The molecular weight excluding hydrogens is 247 g/mol. The molecule has 0 aliphatic heterocycles. The van der Waals surface area contributed by atoms with E-state index in [2.05, 4.69) is 6.92 Å². The maximum Gasteiger partial charge on any atom is 0 e. The first-order chi connectivity index (χ1) is 6.29. The number of fused-ring (bicyclic) bond motifs is 1. The molecule has 0 aromatic heterocycles. The molecule has 0 saturated heterocycles. The number of hydrogen-bond acceptors (Lipinski definition) is 1. The van der Waals surface area contributed by atoms with Crippen molar-refractivity contribution in [3.8, 4) is 0 Å². The van der Waals surface area contributed by atoms with Gasteiger partial charge < -0.3 is 18.5 Å². The topological polar surface area (TPSA) is 23.9 Å². The average Bonchev–Trinajstić information content (AvgIpc) is 2.50. The monoisotopic (exact) mass is 268 g/mol. The summed E-state index contributed by atoms with van der Waals surface area (Å²) in [6, 6.07) is 0. The fourth-order valence-electron chi connectivity index (χ4n) is 2.86. The van der Waals surface area contributed by atoms with Gasteiger partial charge in [0.1, 0.15) is 0 Å². The van der Waals surface area contributed by atoms with Crippen LogP contribution >= 0.6 is 0 Å². The van der Waals surface area contributed by atoms with Crippen molar-refractivity contribution in [1.29, 1.82) is 5.41 Å². The van der Waals surface area contributed by atoms with Gasteiger partial charge in [0.25, 0.3) is 0 Å². The molecule has 0 spiro atoms. The zero-order valence-corrected chi connectivity index (χ0v) is 12.1. The molecule has 1 radical (unpaired) electrons. The molecule has 2 rings (SSSR count). The summed E-state index contributed by atoms with van der Waals surface area (Å²) in [6.07, 6.45) is 10.9. The van der Waals surface area contributed by atoms with Crippen molar-refractivity contribution in [2.24, 2.45) is 17.8 Å². The molecule has 2 aliphatic carbocycles. The number of rotatable bonds is 0. The van der Waals surface area contributed by atoms with Gasteiger partial charge in [-0.3, -0.25) is 0 Å². The van der Waals surface area contributed by atoms with Gasteiger partial charge in [0.2, 0.25) is 0 Å². The van der Waals surface area contributed by atoms with E-state index in [0.29, 0.717) is 0 Å².